The molecule has 164 valence electrons. The number of sulfonamides is 1. The molecular weight excluding hydrogens is 404 g/mol. The Morgan fingerprint density at radius 1 is 1.23 bits per heavy atom. The fourth-order valence-electron chi connectivity index (χ4n) is 3.79. The molecule has 1 aromatic heterocycles. The molecule has 0 bridgehead atoms. The van der Waals surface area contributed by atoms with Gasteiger partial charge >= 0.3 is 0 Å². The maximum absolute atomic E-state index is 12.9. The van der Waals surface area contributed by atoms with Gasteiger partial charge in [-0.3, -0.25) is 9.48 Å². The predicted octanol–water partition coefficient (Wildman–Crippen LogP) is 2.55. The van der Waals surface area contributed by atoms with Crippen LogP contribution >= 0.6 is 0 Å². The van der Waals surface area contributed by atoms with Crippen molar-refractivity contribution < 1.29 is 17.9 Å². The molecule has 0 spiro atoms. The summed E-state index contributed by atoms with van der Waals surface area (Å²) in [6.07, 6.45) is 4.42. The summed E-state index contributed by atoms with van der Waals surface area (Å²) in [5, 5.41) is 7.25. The average Bonchev–Trinajstić information content (AvgIpc) is 3.33. The summed E-state index contributed by atoms with van der Waals surface area (Å²) in [7, 11) is -2.35. The second-order valence-corrected chi connectivity index (χ2v) is 9.41. The van der Waals surface area contributed by atoms with Crippen LogP contribution in [0.15, 0.2) is 29.2 Å². The van der Waals surface area contributed by atoms with E-state index in [2.05, 4.69) is 15.1 Å². The van der Waals surface area contributed by atoms with Gasteiger partial charge in [0.1, 0.15) is 10.6 Å². The molecule has 30 heavy (non-hydrogen) atoms. The zero-order chi connectivity index (χ0) is 21.7. The van der Waals surface area contributed by atoms with Crippen LogP contribution in [0.25, 0.3) is 0 Å². The molecule has 1 heterocycles. The van der Waals surface area contributed by atoms with Crippen molar-refractivity contribution in [1.29, 1.82) is 0 Å². The van der Waals surface area contributed by atoms with Gasteiger partial charge < -0.3 is 10.1 Å². The van der Waals surface area contributed by atoms with Crippen molar-refractivity contribution in [2.24, 2.45) is 0 Å². The molecule has 0 unspecified atom stereocenters. The van der Waals surface area contributed by atoms with Gasteiger partial charge in [0.15, 0.2) is 0 Å². The smallest absolute Gasteiger partial charge is 0.251 e. The Balaban J connectivity index is 1.64. The number of nitrogens with one attached hydrogen (secondary N) is 2. The summed E-state index contributed by atoms with van der Waals surface area (Å²) in [5.74, 6) is -0.0927. The highest BCUT2D eigenvalue weighted by Gasteiger charge is 2.26. The van der Waals surface area contributed by atoms with Crippen LogP contribution < -0.4 is 14.8 Å². The standard InChI is InChI=1S/C21H30N4O4S/c1-15-13-16(2)25(23-15)12-6-11-22-21(26)17-9-10-19(29-3)20(14-17)30(27,28)24-18-7-4-5-8-18/h9-10,13-14,18,24H,4-8,11-12H2,1-3H3,(H,22,26). The Morgan fingerprint density at radius 3 is 2.60 bits per heavy atom. The maximum atomic E-state index is 12.9. The SMILES string of the molecule is COc1ccc(C(=O)NCCCn2nc(C)cc2C)cc1S(=O)(=O)NC1CCCC1. The summed E-state index contributed by atoms with van der Waals surface area (Å²) in [6, 6.07) is 6.42. The first-order chi connectivity index (χ1) is 14.3. The molecule has 1 saturated carbocycles. The Hall–Kier alpha value is -2.39. The molecule has 3 rings (SSSR count). The number of carbonyl (C=O) groups is 1. The third-order valence-corrected chi connectivity index (χ3v) is 6.87. The number of rotatable bonds is 9. The third-order valence-electron chi connectivity index (χ3n) is 5.33. The number of amides is 1. The van der Waals surface area contributed by atoms with Crippen molar-refractivity contribution in [3.8, 4) is 5.75 Å². The van der Waals surface area contributed by atoms with E-state index in [4.69, 9.17) is 4.74 Å². The summed E-state index contributed by atoms with van der Waals surface area (Å²) in [5.41, 5.74) is 2.34. The summed E-state index contributed by atoms with van der Waals surface area (Å²) in [6.45, 7) is 5.11. The number of ether oxygens (including phenoxy) is 1. The number of nitrogens with zero attached hydrogens (tertiary/aromatic N) is 2. The van der Waals surface area contributed by atoms with Crippen LogP contribution in [0.4, 0.5) is 0 Å². The lowest BCUT2D eigenvalue weighted by molar-refractivity contribution is 0.0952. The molecule has 2 aromatic rings. The molecule has 1 aliphatic carbocycles. The molecular formula is C21H30N4O4S. The van der Waals surface area contributed by atoms with Gasteiger partial charge in [0.2, 0.25) is 10.0 Å². The molecule has 8 nitrogen and oxygen atoms in total. The molecule has 0 saturated heterocycles. The van der Waals surface area contributed by atoms with E-state index in [0.29, 0.717) is 13.1 Å². The molecule has 0 atom stereocenters. The van der Waals surface area contributed by atoms with E-state index in [1.54, 1.807) is 6.07 Å². The molecule has 1 aromatic carbocycles. The van der Waals surface area contributed by atoms with Crippen LogP contribution in [0.3, 0.4) is 0 Å². The number of methoxy groups -OCH3 is 1. The lowest BCUT2D eigenvalue weighted by Crippen LogP contribution is -2.33. The van der Waals surface area contributed by atoms with Crippen molar-refractivity contribution in [2.45, 2.75) is 63.4 Å². The third kappa shape index (κ3) is 5.40. The van der Waals surface area contributed by atoms with E-state index in [0.717, 1.165) is 43.5 Å². The van der Waals surface area contributed by atoms with Crippen molar-refractivity contribution in [3.05, 3.63) is 41.2 Å². The van der Waals surface area contributed by atoms with Crippen molar-refractivity contribution in [3.63, 3.8) is 0 Å². The van der Waals surface area contributed by atoms with Crippen molar-refractivity contribution in [2.75, 3.05) is 13.7 Å². The molecule has 0 aliphatic heterocycles. The van der Waals surface area contributed by atoms with E-state index >= 15 is 0 Å². The molecule has 1 amide bonds. The van der Waals surface area contributed by atoms with Gasteiger partial charge in [-0.05, 0) is 57.4 Å². The average molecular weight is 435 g/mol. The number of hydrogen-bond acceptors (Lipinski definition) is 5. The van der Waals surface area contributed by atoms with E-state index in [9.17, 15) is 13.2 Å². The van der Waals surface area contributed by atoms with E-state index in [1.807, 2.05) is 24.6 Å². The predicted molar refractivity (Wildman–Crippen MR) is 114 cm³/mol. The number of aryl methyl sites for hydroxylation is 3. The lowest BCUT2D eigenvalue weighted by Gasteiger charge is -2.16. The number of carbonyl (C=O) groups excluding carboxylic acids is 1. The summed E-state index contributed by atoms with van der Waals surface area (Å²) < 4.78 is 35.6. The van der Waals surface area contributed by atoms with Crippen LogP contribution in [-0.2, 0) is 16.6 Å². The topological polar surface area (TPSA) is 102 Å². The number of benzene rings is 1. The number of hydrogen-bond donors (Lipinski definition) is 2. The minimum atomic E-state index is -3.77. The second kappa shape index (κ2) is 9.61. The van der Waals surface area contributed by atoms with Crippen molar-refractivity contribution in [1.82, 2.24) is 19.8 Å². The van der Waals surface area contributed by atoms with Crippen LogP contribution in [0.1, 0.15) is 53.8 Å². The Labute approximate surface area is 178 Å². The summed E-state index contributed by atoms with van der Waals surface area (Å²) in [4.78, 5) is 12.6. The minimum Gasteiger partial charge on any atom is -0.495 e. The zero-order valence-electron chi connectivity index (χ0n) is 17.8. The van der Waals surface area contributed by atoms with E-state index < -0.39 is 10.0 Å². The van der Waals surface area contributed by atoms with E-state index in [-0.39, 0.29) is 28.2 Å². The fourth-order valence-corrected chi connectivity index (χ4v) is 5.29. The Kier molecular flexibility index (Phi) is 7.14. The van der Waals surface area contributed by atoms with Crippen LogP contribution in [0, 0.1) is 13.8 Å². The molecule has 2 N–H and O–H groups in total. The van der Waals surface area contributed by atoms with Gasteiger partial charge in [0, 0.05) is 30.4 Å². The van der Waals surface area contributed by atoms with Gasteiger partial charge in [-0.1, -0.05) is 12.8 Å². The monoisotopic (exact) mass is 434 g/mol. The van der Waals surface area contributed by atoms with Crippen LogP contribution in [-0.4, -0.2) is 43.8 Å². The molecule has 1 aliphatic rings. The fraction of sp³-hybridized carbons (Fsp3) is 0.524. The lowest BCUT2D eigenvalue weighted by atomic mass is 10.2. The Morgan fingerprint density at radius 2 is 1.97 bits per heavy atom. The first-order valence-electron chi connectivity index (χ1n) is 10.3. The van der Waals surface area contributed by atoms with Crippen LogP contribution in [0.5, 0.6) is 5.75 Å². The van der Waals surface area contributed by atoms with Gasteiger partial charge in [-0.25, -0.2) is 13.1 Å². The maximum Gasteiger partial charge on any atom is 0.251 e. The minimum absolute atomic E-state index is 0.00723. The first kappa shape index (κ1) is 22.3. The van der Waals surface area contributed by atoms with Crippen LogP contribution in [0.2, 0.25) is 0 Å². The largest absolute Gasteiger partial charge is 0.495 e. The number of aromatic nitrogens is 2. The highest BCUT2D eigenvalue weighted by Crippen LogP contribution is 2.27. The normalized spacial score (nSPS) is 14.8. The van der Waals surface area contributed by atoms with E-state index in [1.165, 1.54) is 19.2 Å². The van der Waals surface area contributed by atoms with Gasteiger partial charge in [0.05, 0.1) is 12.8 Å². The van der Waals surface area contributed by atoms with Crippen molar-refractivity contribution >= 4 is 15.9 Å². The molecule has 1 fully saturated rings. The quantitative estimate of drug-likeness (QED) is 0.591. The highest BCUT2D eigenvalue weighted by atomic mass is 32.2. The second-order valence-electron chi connectivity index (χ2n) is 7.73. The molecule has 0 radical (unpaired) electrons. The summed E-state index contributed by atoms with van der Waals surface area (Å²) >= 11 is 0. The van der Waals surface area contributed by atoms with Gasteiger partial charge in [-0.15, -0.1) is 0 Å². The molecule has 9 heteroatoms. The van der Waals surface area contributed by atoms with Gasteiger partial charge in [-0.2, -0.15) is 5.10 Å². The zero-order valence-corrected chi connectivity index (χ0v) is 18.6. The van der Waals surface area contributed by atoms with Gasteiger partial charge in [0.25, 0.3) is 5.91 Å². The highest BCUT2D eigenvalue weighted by molar-refractivity contribution is 7.89. The Bertz CT molecular complexity index is 994. The first-order valence-corrected chi connectivity index (χ1v) is 11.8.